The molecule has 2 heterocycles. The van der Waals surface area contributed by atoms with Crippen LogP contribution in [0.3, 0.4) is 0 Å². The molecule has 3 heteroatoms. The van der Waals surface area contributed by atoms with Crippen molar-refractivity contribution in [3.05, 3.63) is 42.7 Å². The van der Waals surface area contributed by atoms with E-state index in [-0.39, 0.29) is 0 Å². The number of hydrogen-bond acceptors (Lipinski definition) is 3. The van der Waals surface area contributed by atoms with Gasteiger partial charge in [-0.2, -0.15) is 0 Å². The van der Waals surface area contributed by atoms with Crippen molar-refractivity contribution in [3.8, 4) is 11.3 Å². The molecule has 0 aliphatic heterocycles. The van der Waals surface area contributed by atoms with E-state index in [0.717, 1.165) is 17.1 Å². The minimum absolute atomic E-state index is 0.396. The van der Waals surface area contributed by atoms with E-state index < -0.39 is 0 Å². The maximum Gasteiger partial charge on any atom is 0.126 e. The summed E-state index contributed by atoms with van der Waals surface area (Å²) in [4.78, 5) is 8.62. The molecule has 96 valence electrons. The average Bonchev–Trinajstić information content (AvgIpc) is 2.42. The number of hydrogen-bond donors (Lipinski definition) is 1. The summed E-state index contributed by atoms with van der Waals surface area (Å²) in [6.07, 6.45) is 3.63. The number of rotatable bonds is 3. The van der Waals surface area contributed by atoms with Crippen molar-refractivity contribution < 1.29 is 0 Å². The Morgan fingerprint density at radius 3 is 2.28 bits per heavy atom. The Morgan fingerprint density at radius 2 is 1.78 bits per heavy atom. The molecule has 0 aromatic carbocycles. The molecule has 18 heavy (non-hydrogen) atoms. The number of pyridine rings is 2. The molecular weight excluding hydrogens is 222 g/mol. The second-order valence-corrected chi connectivity index (χ2v) is 3.95. The van der Waals surface area contributed by atoms with E-state index in [9.17, 15) is 0 Å². The molecular formula is C15H21N3. The summed E-state index contributed by atoms with van der Waals surface area (Å²) in [6.45, 7) is 8.18. The van der Waals surface area contributed by atoms with Crippen LogP contribution in [0.1, 0.15) is 27.7 Å². The third kappa shape index (κ3) is 4.17. The number of nitrogens with one attached hydrogen (secondary N) is 1. The third-order valence-corrected chi connectivity index (χ3v) is 2.16. The first-order valence-electron chi connectivity index (χ1n) is 6.40. The molecule has 0 saturated carbocycles. The second kappa shape index (κ2) is 7.43. The molecule has 3 nitrogen and oxygen atoms in total. The lowest BCUT2D eigenvalue weighted by molar-refractivity contribution is 0.889. The molecule has 2 aromatic heterocycles. The molecule has 2 aromatic rings. The van der Waals surface area contributed by atoms with E-state index in [1.807, 2.05) is 50.4 Å². The maximum atomic E-state index is 4.34. The fourth-order valence-corrected chi connectivity index (χ4v) is 1.46. The molecule has 2 rings (SSSR count). The van der Waals surface area contributed by atoms with E-state index in [2.05, 4.69) is 29.1 Å². The van der Waals surface area contributed by atoms with Gasteiger partial charge in [-0.25, -0.2) is 4.98 Å². The first-order valence-corrected chi connectivity index (χ1v) is 6.40. The summed E-state index contributed by atoms with van der Waals surface area (Å²) in [5, 5.41) is 3.25. The van der Waals surface area contributed by atoms with Crippen LogP contribution in [0, 0.1) is 0 Å². The smallest absolute Gasteiger partial charge is 0.126 e. The zero-order chi connectivity index (χ0) is 13.4. The van der Waals surface area contributed by atoms with Gasteiger partial charge in [0.15, 0.2) is 0 Å². The lowest BCUT2D eigenvalue weighted by Gasteiger charge is -2.08. The highest BCUT2D eigenvalue weighted by Crippen LogP contribution is 2.16. The van der Waals surface area contributed by atoms with Crippen LogP contribution in [-0.2, 0) is 0 Å². The molecule has 0 fully saturated rings. The molecule has 0 unspecified atom stereocenters. The Bertz CT molecular complexity index is 435. The SMILES string of the molecule is CC.CC(C)Nc1ccc(-c2ccccn2)cn1. The monoisotopic (exact) mass is 243 g/mol. The van der Waals surface area contributed by atoms with Gasteiger partial charge in [0.25, 0.3) is 0 Å². The Hall–Kier alpha value is -1.90. The van der Waals surface area contributed by atoms with Crippen LogP contribution in [0.5, 0.6) is 0 Å². The van der Waals surface area contributed by atoms with Gasteiger partial charge in [-0.15, -0.1) is 0 Å². The highest BCUT2D eigenvalue weighted by molar-refractivity contribution is 5.59. The minimum atomic E-state index is 0.396. The zero-order valence-electron chi connectivity index (χ0n) is 11.5. The molecule has 0 atom stereocenters. The number of aromatic nitrogens is 2. The lowest BCUT2D eigenvalue weighted by atomic mass is 10.2. The maximum absolute atomic E-state index is 4.34. The largest absolute Gasteiger partial charge is 0.368 e. The minimum Gasteiger partial charge on any atom is -0.368 e. The van der Waals surface area contributed by atoms with Crippen molar-refractivity contribution in [2.75, 3.05) is 5.32 Å². The van der Waals surface area contributed by atoms with Crippen LogP contribution in [0.15, 0.2) is 42.7 Å². The van der Waals surface area contributed by atoms with Crippen LogP contribution in [0.2, 0.25) is 0 Å². The number of nitrogens with zero attached hydrogens (tertiary/aromatic N) is 2. The van der Waals surface area contributed by atoms with Crippen molar-refractivity contribution in [2.45, 2.75) is 33.7 Å². The van der Waals surface area contributed by atoms with Gasteiger partial charge in [0.1, 0.15) is 5.82 Å². The van der Waals surface area contributed by atoms with Gasteiger partial charge in [-0.05, 0) is 38.1 Å². The summed E-state index contributed by atoms with van der Waals surface area (Å²) in [5.74, 6) is 0.898. The van der Waals surface area contributed by atoms with Gasteiger partial charge in [0, 0.05) is 24.0 Å². The van der Waals surface area contributed by atoms with Crippen LogP contribution in [-0.4, -0.2) is 16.0 Å². The van der Waals surface area contributed by atoms with Crippen molar-refractivity contribution in [1.29, 1.82) is 0 Å². The summed E-state index contributed by atoms with van der Waals surface area (Å²) in [5.41, 5.74) is 1.99. The van der Waals surface area contributed by atoms with E-state index in [0.29, 0.717) is 6.04 Å². The molecule has 0 amide bonds. The topological polar surface area (TPSA) is 37.8 Å². The van der Waals surface area contributed by atoms with Crippen LogP contribution in [0.25, 0.3) is 11.3 Å². The molecule has 0 radical (unpaired) electrons. The quantitative estimate of drug-likeness (QED) is 0.885. The fraction of sp³-hybridized carbons (Fsp3) is 0.333. The van der Waals surface area contributed by atoms with Gasteiger partial charge in [-0.3, -0.25) is 4.98 Å². The van der Waals surface area contributed by atoms with Crippen LogP contribution < -0.4 is 5.32 Å². The van der Waals surface area contributed by atoms with E-state index in [1.165, 1.54) is 0 Å². The van der Waals surface area contributed by atoms with E-state index in [1.54, 1.807) is 6.20 Å². The van der Waals surface area contributed by atoms with Gasteiger partial charge >= 0.3 is 0 Å². The average molecular weight is 243 g/mol. The van der Waals surface area contributed by atoms with Gasteiger partial charge in [-0.1, -0.05) is 19.9 Å². The van der Waals surface area contributed by atoms with Crippen molar-refractivity contribution >= 4 is 5.82 Å². The summed E-state index contributed by atoms with van der Waals surface area (Å²) < 4.78 is 0. The second-order valence-electron chi connectivity index (χ2n) is 3.95. The van der Waals surface area contributed by atoms with Gasteiger partial charge < -0.3 is 5.32 Å². The summed E-state index contributed by atoms with van der Waals surface area (Å²) >= 11 is 0. The fourth-order valence-electron chi connectivity index (χ4n) is 1.46. The summed E-state index contributed by atoms with van der Waals surface area (Å²) in [6, 6.07) is 10.3. The Kier molecular flexibility index (Phi) is 5.85. The Labute approximate surface area is 109 Å². The zero-order valence-corrected chi connectivity index (χ0v) is 11.5. The molecule has 0 saturated heterocycles. The Balaban J connectivity index is 0.000000771. The number of anilines is 1. The standard InChI is InChI=1S/C13H15N3.C2H6/c1-10(2)16-13-7-6-11(9-15-13)12-5-3-4-8-14-12;1-2/h3-10H,1-2H3,(H,15,16);1-2H3. The first kappa shape index (κ1) is 14.2. The molecule has 0 bridgehead atoms. The van der Waals surface area contributed by atoms with Crippen molar-refractivity contribution in [3.63, 3.8) is 0 Å². The van der Waals surface area contributed by atoms with Gasteiger partial charge in [0.05, 0.1) is 5.69 Å². The highest BCUT2D eigenvalue weighted by Gasteiger charge is 2.00. The lowest BCUT2D eigenvalue weighted by Crippen LogP contribution is -2.10. The van der Waals surface area contributed by atoms with Crippen molar-refractivity contribution in [1.82, 2.24) is 9.97 Å². The molecule has 0 spiro atoms. The normalized spacial score (nSPS) is 9.61. The van der Waals surface area contributed by atoms with E-state index in [4.69, 9.17) is 0 Å². The van der Waals surface area contributed by atoms with Crippen LogP contribution >= 0.6 is 0 Å². The van der Waals surface area contributed by atoms with Crippen molar-refractivity contribution in [2.24, 2.45) is 0 Å². The molecule has 0 aliphatic carbocycles. The van der Waals surface area contributed by atoms with Crippen LogP contribution in [0.4, 0.5) is 5.82 Å². The van der Waals surface area contributed by atoms with Gasteiger partial charge in [0.2, 0.25) is 0 Å². The van der Waals surface area contributed by atoms with E-state index >= 15 is 0 Å². The summed E-state index contributed by atoms with van der Waals surface area (Å²) in [7, 11) is 0. The predicted molar refractivity (Wildman–Crippen MR) is 77.6 cm³/mol. The first-order chi connectivity index (χ1) is 8.75. The third-order valence-electron chi connectivity index (χ3n) is 2.16. The Morgan fingerprint density at radius 1 is 1.00 bits per heavy atom. The molecule has 0 aliphatic rings. The predicted octanol–water partition coefficient (Wildman–Crippen LogP) is 3.99. The molecule has 1 N–H and O–H groups in total. The highest BCUT2D eigenvalue weighted by atomic mass is 15.0.